The Hall–Kier alpha value is -1.46. The predicted octanol–water partition coefficient (Wildman–Crippen LogP) is 4.42. The molecular formula is C16H16BrF2NO. The summed E-state index contributed by atoms with van der Waals surface area (Å²) in [5, 5.41) is 3.13. The summed E-state index contributed by atoms with van der Waals surface area (Å²) in [6.07, 6.45) is 0. The molecule has 0 amide bonds. The van der Waals surface area contributed by atoms with E-state index in [1.54, 1.807) is 12.1 Å². The van der Waals surface area contributed by atoms with Crippen LogP contribution in [0.3, 0.4) is 0 Å². The second-order valence-corrected chi connectivity index (χ2v) is 5.49. The summed E-state index contributed by atoms with van der Waals surface area (Å²) in [6, 6.07) is 9.29. The molecule has 0 saturated heterocycles. The topological polar surface area (TPSA) is 21.3 Å². The number of hydrogen-bond acceptors (Lipinski definition) is 2. The maximum Gasteiger partial charge on any atom is 0.165 e. The van der Waals surface area contributed by atoms with Gasteiger partial charge in [-0.1, -0.05) is 35.0 Å². The molecule has 112 valence electrons. The zero-order valence-electron chi connectivity index (χ0n) is 11.6. The van der Waals surface area contributed by atoms with Crippen LogP contribution in [0.5, 0.6) is 5.75 Å². The normalized spacial score (nSPS) is 10.7. The van der Waals surface area contributed by atoms with Gasteiger partial charge in [0, 0.05) is 16.6 Å². The van der Waals surface area contributed by atoms with Crippen LogP contribution < -0.4 is 10.1 Å². The standard InChI is InChI=1S/C16H16BrF2NO/c1-2-20-9-12-4-3-5-15(19)16(12)21-10-11-6-13(17)8-14(18)7-11/h3-8,20H,2,9-10H2,1H3. The quantitative estimate of drug-likeness (QED) is 0.828. The molecule has 0 heterocycles. The van der Waals surface area contributed by atoms with Gasteiger partial charge in [0.05, 0.1) is 0 Å². The van der Waals surface area contributed by atoms with Gasteiger partial charge in [-0.15, -0.1) is 0 Å². The lowest BCUT2D eigenvalue weighted by atomic mass is 10.2. The van der Waals surface area contributed by atoms with Crippen LogP contribution >= 0.6 is 15.9 Å². The van der Waals surface area contributed by atoms with Gasteiger partial charge in [0.1, 0.15) is 12.4 Å². The fourth-order valence-corrected chi connectivity index (χ4v) is 2.48. The number of hydrogen-bond donors (Lipinski definition) is 1. The molecule has 2 nitrogen and oxygen atoms in total. The van der Waals surface area contributed by atoms with Gasteiger partial charge in [0.2, 0.25) is 0 Å². The van der Waals surface area contributed by atoms with Crippen molar-refractivity contribution in [3.63, 3.8) is 0 Å². The molecule has 2 rings (SSSR count). The van der Waals surface area contributed by atoms with Crippen molar-refractivity contribution in [1.82, 2.24) is 5.32 Å². The fraction of sp³-hybridized carbons (Fsp3) is 0.250. The second-order valence-electron chi connectivity index (χ2n) is 4.57. The number of benzene rings is 2. The second kappa shape index (κ2) is 7.52. The summed E-state index contributed by atoms with van der Waals surface area (Å²) in [4.78, 5) is 0. The van der Waals surface area contributed by atoms with E-state index in [-0.39, 0.29) is 18.2 Å². The minimum absolute atomic E-state index is 0.108. The zero-order valence-corrected chi connectivity index (χ0v) is 13.2. The van der Waals surface area contributed by atoms with Crippen molar-refractivity contribution in [3.05, 3.63) is 63.6 Å². The van der Waals surface area contributed by atoms with Crippen LogP contribution in [0, 0.1) is 11.6 Å². The van der Waals surface area contributed by atoms with Gasteiger partial charge in [-0.25, -0.2) is 8.78 Å². The molecule has 0 aliphatic heterocycles. The molecule has 0 radical (unpaired) electrons. The van der Waals surface area contributed by atoms with Crippen molar-refractivity contribution in [2.75, 3.05) is 6.54 Å². The maximum atomic E-state index is 13.9. The summed E-state index contributed by atoms with van der Waals surface area (Å²) in [5.74, 6) is -0.566. The van der Waals surface area contributed by atoms with E-state index in [2.05, 4.69) is 21.2 Å². The molecule has 0 spiro atoms. The number of halogens is 3. The highest BCUT2D eigenvalue weighted by molar-refractivity contribution is 9.10. The smallest absolute Gasteiger partial charge is 0.165 e. The minimum Gasteiger partial charge on any atom is -0.485 e. The number of nitrogens with one attached hydrogen (secondary N) is 1. The lowest BCUT2D eigenvalue weighted by Crippen LogP contribution is -2.13. The Morgan fingerprint density at radius 1 is 1.19 bits per heavy atom. The molecule has 0 aromatic heterocycles. The Morgan fingerprint density at radius 2 is 2.00 bits per heavy atom. The van der Waals surface area contributed by atoms with Crippen LogP contribution in [0.4, 0.5) is 8.78 Å². The molecule has 0 aliphatic carbocycles. The minimum atomic E-state index is -0.416. The highest BCUT2D eigenvalue weighted by Crippen LogP contribution is 2.24. The molecule has 2 aromatic carbocycles. The summed E-state index contributed by atoms with van der Waals surface area (Å²) >= 11 is 3.22. The largest absolute Gasteiger partial charge is 0.485 e. The zero-order chi connectivity index (χ0) is 15.2. The number of ether oxygens (including phenoxy) is 1. The van der Waals surface area contributed by atoms with Gasteiger partial charge in [0.25, 0.3) is 0 Å². The Labute approximate surface area is 131 Å². The van der Waals surface area contributed by atoms with E-state index >= 15 is 0 Å². The monoisotopic (exact) mass is 355 g/mol. The van der Waals surface area contributed by atoms with Gasteiger partial charge in [-0.2, -0.15) is 0 Å². The van der Waals surface area contributed by atoms with E-state index in [0.29, 0.717) is 16.6 Å². The Kier molecular flexibility index (Phi) is 5.70. The lowest BCUT2D eigenvalue weighted by molar-refractivity contribution is 0.285. The third-order valence-electron chi connectivity index (χ3n) is 2.92. The van der Waals surface area contributed by atoms with Gasteiger partial charge in [0.15, 0.2) is 11.6 Å². The molecule has 0 bridgehead atoms. The average Bonchev–Trinajstić information content (AvgIpc) is 2.43. The number of rotatable bonds is 6. The molecule has 5 heteroatoms. The first kappa shape index (κ1) is 15.9. The third kappa shape index (κ3) is 4.51. The van der Waals surface area contributed by atoms with Crippen LogP contribution in [0.25, 0.3) is 0 Å². The lowest BCUT2D eigenvalue weighted by Gasteiger charge is -2.13. The van der Waals surface area contributed by atoms with E-state index in [4.69, 9.17) is 4.74 Å². The van der Waals surface area contributed by atoms with Crippen molar-refractivity contribution < 1.29 is 13.5 Å². The van der Waals surface area contributed by atoms with Gasteiger partial charge < -0.3 is 10.1 Å². The average molecular weight is 356 g/mol. The fourth-order valence-electron chi connectivity index (χ4n) is 1.96. The predicted molar refractivity (Wildman–Crippen MR) is 82.2 cm³/mol. The summed E-state index contributed by atoms with van der Waals surface area (Å²) in [6.45, 7) is 3.39. The molecule has 2 aromatic rings. The Morgan fingerprint density at radius 3 is 2.71 bits per heavy atom. The van der Waals surface area contributed by atoms with Crippen molar-refractivity contribution in [2.45, 2.75) is 20.1 Å². The molecule has 0 aliphatic rings. The van der Waals surface area contributed by atoms with Crippen molar-refractivity contribution in [3.8, 4) is 5.75 Å². The summed E-state index contributed by atoms with van der Waals surface area (Å²) < 4.78 is 33.4. The van der Waals surface area contributed by atoms with Gasteiger partial charge in [-0.3, -0.25) is 0 Å². The summed E-state index contributed by atoms with van der Waals surface area (Å²) in [5.41, 5.74) is 1.38. The van der Waals surface area contributed by atoms with Gasteiger partial charge in [-0.05, 0) is 36.4 Å². The Bertz CT molecular complexity index is 599. The molecule has 0 unspecified atom stereocenters. The highest BCUT2D eigenvalue weighted by atomic mass is 79.9. The summed E-state index contributed by atoms with van der Waals surface area (Å²) in [7, 11) is 0. The molecule has 1 N–H and O–H groups in total. The first-order valence-corrected chi connectivity index (χ1v) is 7.45. The molecule has 0 saturated carbocycles. The van der Waals surface area contributed by atoms with E-state index in [0.717, 1.165) is 12.1 Å². The van der Waals surface area contributed by atoms with Crippen molar-refractivity contribution in [2.24, 2.45) is 0 Å². The van der Waals surface area contributed by atoms with Crippen molar-refractivity contribution >= 4 is 15.9 Å². The Balaban J connectivity index is 2.15. The van der Waals surface area contributed by atoms with Crippen LogP contribution in [0.1, 0.15) is 18.1 Å². The van der Waals surface area contributed by atoms with Crippen LogP contribution in [0.2, 0.25) is 0 Å². The van der Waals surface area contributed by atoms with Gasteiger partial charge >= 0.3 is 0 Å². The highest BCUT2D eigenvalue weighted by Gasteiger charge is 2.10. The number of para-hydroxylation sites is 1. The molecule has 21 heavy (non-hydrogen) atoms. The van der Waals surface area contributed by atoms with E-state index < -0.39 is 5.82 Å². The molecule has 0 fully saturated rings. The molecule has 0 atom stereocenters. The maximum absolute atomic E-state index is 13.9. The van der Waals surface area contributed by atoms with E-state index in [1.807, 2.05) is 13.0 Å². The first-order chi connectivity index (χ1) is 10.1. The first-order valence-electron chi connectivity index (χ1n) is 6.66. The van der Waals surface area contributed by atoms with Crippen LogP contribution in [-0.4, -0.2) is 6.54 Å². The third-order valence-corrected chi connectivity index (χ3v) is 3.38. The van der Waals surface area contributed by atoms with E-state index in [1.165, 1.54) is 18.2 Å². The van der Waals surface area contributed by atoms with Crippen LogP contribution in [0.15, 0.2) is 40.9 Å². The molecular weight excluding hydrogens is 340 g/mol. The SMILES string of the molecule is CCNCc1cccc(F)c1OCc1cc(F)cc(Br)c1. The van der Waals surface area contributed by atoms with Crippen LogP contribution in [-0.2, 0) is 13.2 Å². The van der Waals surface area contributed by atoms with E-state index in [9.17, 15) is 8.78 Å². The van der Waals surface area contributed by atoms with Crippen molar-refractivity contribution in [1.29, 1.82) is 0 Å².